The maximum Gasteiger partial charge on any atom is 0.254 e. The smallest absolute Gasteiger partial charge is 0.254 e. The molecule has 3 rings (SSSR count). The first-order valence-electron chi connectivity index (χ1n) is 9.11. The summed E-state index contributed by atoms with van der Waals surface area (Å²) in [6.07, 6.45) is 3.60. The van der Waals surface area contributed by atoms with E-state index in [2.05, 4.69) is 28.4 Å². The van der Waals surface area contributed by atoms with Gasteiger partial charge in [0.05, 0.1) is 0 Å². The van der Waals surface area contributed by atoms with Crippen LogP contribution in [-0.2, 0) is 6.54 Å². The fourth-order valence-electron chi connectivity index (χ4n) is 3.10. The van der Waals surface area contributed by atoms with Gasteiger partial charge >= 0.3 is 0 Å². The molecule has 1 aromatic heterocycles. The Hall–Kier alpha value is -2.37. The average Bonchev–Trinajstić information content (AvgIpc) is 2.69. The second kappa shape index (κ2) is 9.02. The van der Waals surface area contributed by atoms with Gasteiger partial charge in [0.2, 0.25) is 0 Å². The molecule has 1 amide bonds. The molecule has 2 heterocycles. The van der Waals surface area contributed by atoms with Crippen molar-refractivity contribution in [2.24, 2.45) is 0 Å². The number of rotatable bonds is 6. The highest BCUT2D eigenvalue weighted by Gasteiger charge is 2.17. The van der Waals surface area contributed by atoms with Crippen LogP contribution in [0.3, 0.4) is 0 Å². The Morgan fingerprint density at radius 3 is 2.48 bits per heavy atom. The molecular formula is C21H25ClN4O. The van der Waals surface area contributed by atoms with Crippen LogP contribution in [0.1, 0.15) is 15.9 Å². The average molecular weight is 385 g/mol. The number of carbonyl (C=O) groups is 1. The van der Waals surface area contributed by atoms with Crippen molar-refractivity contribution in [1.82, 2.24) is 14.8 Å². The summed E-state index contributed by atoms with van der Waals surface area (Å²) in [5.41, 5.74) is 1.61. The van der Waals surface area contributed by atoms with E-state index in [1.165, 1.54) is 0 Å². The number of hydrogen-bond donors (Lipinski definition) is 0. The van der Waals surface area contributed by atoms with Gasteiger partial charge in [-0.1, -0.05) is 23.7 Å². The minimum absolute atomic E-state index is 0.0466. The van der Waals surface area contributed by atoms with Crippen molar-refractivity contribution < 1.29 is 4.79 Å². The van der Waals surface area contributed by atoms with Gasteiger partial charge < -0.3 is 14.7 Å². The maximum atomic E-state index is 12.8. The molecule has 2 aromatic rings. The Morgan fingerprint density at radius 2 is 1.89 bits per heavy atom. The summed E-state index contributed by atoms with van der Waals surface area (Å²) < 4.78 is 0. The molecule has 6 heteroatoms. The highest BCUT2D eigenvalue weighted by molar-refractivity contribution is 6.30. The first-order chi connectivity index (χ1) is 13.1. The minimum Gasteiger partial charge on any atom is -0.354 e. The molecule has 142 valence electrons. The molecule has 1 aliphatic heterocycles. The topological polar surface area (TPSA) is 39.7 Å². The molecule has 0 N–H and O–H groups in total. The molecule has 0 unspecified atom stereocenters. The van der Waals surface area contributed by atoms with Crippen LogP contribution in [-0.4, -0.2) is 60.5 Å². The van der Waals surface area contributed by atoms with E-state index in [4.69, 9.17) is 11.6 Å². The summed E-state index contributed by atoms with van der Waals surface area (Å²) in [7, 11) is 2.14. The number of carbonyl (C=O) groups excluding carboxylic acids is 1. The number of hydrogen-bond acceptors (Lipinski definition) is 4. The number of benzene rings is 1. The van der Waals surface area contributed by atoms with Gasteiger partial charge in [-0.15, -0.1) is 6.58 Å². The fourth-order valence-corrected chi connectivity index (χ4v) is 3.23. The van der Waals surface area contributed by atoms with Crippen LogP contribution in [0.15, 0.2) is 55.3 Å². The number of nitrogens with zero attached hydrogens (tertiary/aromatic N) is 4. The third-order valence-electron chi connectivity index (χ3n) is 4.74. The molecule has 5 nitrogen and oxygen atoms in total. The Bertz CT molecular complexity index is 768. The number of pyridine rings is 1. The summed E-state index contributed by atoms with van der Waals surface area (Å²) in [6.45, 7) is 8.80. The van der Waals surface area contributed by atoms with E-state index in [-0.39, 0.29) is 5.91 Å². The molecule has 0 bridgehead atoms. The van der Waals surface area contributed by atoms with E-state index >= 15 is 0 Å². The van der Waals surface area contributed by atoms with Gasteiger partial charge in [0.15, 0.2) is 0 Å². The number of aromatic nitrogens is 1. The van der Waals surface area contributed by atoms with E-state index in [1.807, 2.05) is 18.3 Å². The zero-order valence-corrected chi connectivity index (χ0v) is 16.4. The van der Waals surface area contributed by atoms with Crippen LogP contribution in [0, 0.1) is 0 Å². The number of piperazine rings is 1. The largest absolute Gasteiger partial charge is 0.354 e. The lowest BCUT2D eigenvalue weighted by atomic mass is 10.1. The Labute approximate surface area is 165 Å². The predicted octanol–water partition coefficient (Wildman–Crippen LogP) is 3.32. The van der Waals surface area contributed by atoms with Gasteiger partial charge in [-0.2, -0.15) is 0 Å². The van der Waals surface area contributed by atoms with E-state index < -0.39 is 0 Å². The van der Waals surface area contributed by atoms with Crippen molar-refractivity contribution in [2.45, 2.75) is 6.54 Å². The highest BCUT2D eigenvalue weighted by atomic mass is 35.5. The molecule has 0 radical (unpaired) electrons. The zero-order valence-electron chi connectivity index (χ0n) is 15.6. The number of amides is 1. The lowest BCUT2D eigenvalue weighted by molar-refractivity contribution is 0.0762. The number of anilines is 1. The van der Waals surface area contributed by atoms with Crippen molar-refractivity contribution in [3.63, 3.8) is 0 Å². The van der Waals surface area contributed by atoms with Gasteiger partial charge in [0, 0.05) is 56.1 Å². The van der Waals surface area contributed by atoms with Crippen LogP contribution in [0.25, 0.3) is 0 Å². The van der Waals surface area contributed by atoms with Crippen molar-refractivity contribution >= 4 is 23.3 Å². The van der Waals surface area contributed by atoms with Crippen LogP contribution in [0.4, 0.5) is 5.82 Å². The van der Waals surface area contributed by atoms with Gasteiger partial charge in [0.1, 0.15) is 5.82 Å². The summed E-state index contributed by atoms with van der Waals surface area (Å²) in [5.74, 6) is 0.945. The molecule has 0 spiro atoms. The normalized spacial score (nSPS) is 14.8. The fraction of sp³-hybridized carbons (Fsp3) is 0.333. The third-order valence-corrected chi connectivity index (χ3v) is 4.99. The van der Waals surface area contributed by atoms with E-state index in [0.29, 0.717) is 23.7 Å². The second-order valence-electron chi connectivity index (χ2n) is 6.80. The molecule has 1 fully saturated rings. The maximum absolute atomic E-state index is 12.8. The highest BCUT2D eigenvalue weighted by Crippen LogP contribution is 2.16. The molecular weight excluding hydrogens is 360 g/mol. The number of halogens is 1. The monoisotopic (exact) mass is 384 g/mol. The SMILES string of the molecule is C=CCN(Cc1ccc(N2CCN(C)CC2)nc1)C(=O)c1ccc(Cl)cc1. The van der Waals surface area contributed by atoms with E-state index in [1.54, 1.807) is 35.2 Å². The van der Waals surface area contributed by atoms with Gasteiger partial charge in [-0.3, -0.25) is 4.79 Å². The van der Waals surface area contributed by atoms with Crippen molar-refractivity contribution in [3.8, 4) is 0 Å². The van der Waals surface area contributed by atoms with Gasteiger partial charge in [-0.25, -0.2) is 4.98 Å². The Morgan fingerprint density at radius 1 is 1.19 bits per heavy atom. The quantitative estimate of drug-likeness (QED) is 0.716. The first kappa shape index (κ1) is 19.4. The molecule has 1 aromatic carbocycles. The zero-order chi connectivity index (χ0) is 19.2. The summed E-state index contributed by atoms with van der Waals surface area (Å²) in [6, 6.07) is 11.0. The molecule has 27 heavy (non-hydrogen) atoms. The lowest BCUT2D eigenvalue weighted by Crippen LogP contribution is -2.44. The van der Waals surface area contributed by atoms with Gasteiger partial charge in [-0.05, 0) is 42.9 Å². The summed E-state index contributed by atoms with van der Waals surface area (Å²) in [4.78, 5) is 23.8. The third kappa shape index (κ3) is 5.08. The minimum atomic E-state index is -0.0466. The molecule has 0 saturated carbocycles. The van der Waals surface area contributed by atoms with Crippen molar-refractivity contribution in [1.29, 1.82) is 0 Å². The Kier molecular flexibility index (Phi) is 6.48. The van der Waals surface area contributed by atoms with Crippen molar-refractivity contribution in [2.75, 3.05) is 44.7 Å². The Balaban J connectivity index is 1.68. The van der Waals surface area contributed by atoms with Gasteiger partial charge in [0.25, 0.3) is 5.91 Å². The lowest BCUT2D eigenvalue weighted by Gasteiger charge is -2.33. The molecule has 1 aliphatic rings. The van der Waals surface area contributed by atoms with Crippen LogP contribution >= 0.6 is 11.6 Å². The predicted molar refractivity (Wildman–Crippen MR) is 110 cm³/mol. The van der Waals surface area contributed by atoms with Crippen LogP contribution in [0.2, 0.25) is 5.02 Å². The molecule has 0 aliphatic carbocycles. The van der Waals surface area contributed by atoms with Crippen molar-refractivity contribution in [3.05, 3.63) is 71.4 Å². The summed E-state index contributed by atoms with van der Waals surface area (Å²) >= 11 is 5.92. The first-order valence-corrected chi connectivity index (χ1v) is 9.49. The van der Waals surface area contributed by atoms with E-state index in [9.17, 15) is 4.79 Å². The van der Waals surface area contributed by atoms with Crippen LogP contribution < -0.4 is 4.90 Å². The second-order valence-corrected chi connectivity index (χ2v) is 7.23. The van der Waals surface area contributed by atoms with Crippen LogP contribution in [0.5, 0.6) is 0 Å². The summed E-state index contributed by atoms with van der Waals surface area (Å²) in [5, 5.41) is 0.616. The van der Waals surface area contributed by atoms with E-state index in [0.717, 1.165) is 37.6 Å². The molecule has 1 saturated heterocycles. The standard InChI is InChI=1S/C21H25ClN4O/c1-3-10-26(21(27)18-5-7-19(22)8-6-18)16-17-4-9-20(23-15-17)25-13-11-24(2)12-14-25/h3-9,15H,1,10-14,16H2,2H3. The molecule has 0 atom stereocenters. The number of likely N-dealkylation sites (N-methyl/N-ethyl adjacent to an activating group) is 1.